The first-order valence-corrected chi connectivity index (χ1v) is 7.09. The van der Waals surface area contributed by atoms with Crippen molar-refractivity contribution >= 4 is 12.5 Å². The van der Waals surface area contributed by atoms with Gasteiger partial charge in [-0.3, -0.25) is 4.79 Å². The van der Waals surface area contributed by atoms with Crippen molar-refractivity contribution in [2.75, 3.05) is 26.2 Å². The highest BCUT2D eigenvalue weighted by Gasteiger charge is 2.22. The summed E-state index contributed by atoms with van der Waals surface area (Å²) >= 11 is 0. The smallest absolute Gasteiger partial charge is 0.410 e. The zero-order valence-corrected chi connectivity index (χ0v) is 12.4. The van der Waals surface area contributed by atoms with Gasteiger partial charge in [-0.1, -0.05) is 12.8 Å². The molecule has 0 N–H and O–H groups in total. The molecule has 0 saturated carbocycles. The molecule has 110 valence electrons. The first kappa shape index (κ1) is 15.8. The summed E-state index contributed by atoms with van der Waals surface area (Å²) in [6, 6.07) is 0. The lowest BCUT2D eigenvalue weighted by Gasteiger charge is -2.29. The van der Waals surface area contributed by atoms with Gasteiger partial charge in [-0.05, 0) is 33.6 Å². The molecule has 0 radical (unpaired) electrons. The number of amides is 2. The SMILES string of the molecule is CC(C)(C)OC(=O)N1CCCCCCN(C=O)CC1. The summed E-state index contributed by atoms with van der Waals surface area (Å²) in [5.41, 5.74) is -0.475. The molecule has 2 amide bonds. The molecule has 1 aliphatic heterocycles. The Morgan fingerprint density at radius 3 is 2.21 bits per heavy atom. The van der Waals surface area contributed by atoms with E-state index in [1.165, 1.54) is 0 Å². The number of hydrogen-bond donors (Lipinski definition) is 0. The van der Waals surface area contributed by atoms with Crippen molar-refractivity contribution in [3.8, 4) is 0 Å². The van der Waals surface area contributed by atoms with Crippen molar-refractivity contribution in [3.63, 3.8) is 0 Å². The molecule has 1 fully saturated rings. The number of carbonyl (C=O) groups is 2. The molecule has 0 atom stereocenters. The van der Waals surface area contributed by atoms with Gasteiger partial charge in [0.25, 0.3) is 0 Å². The van der Waals surface area contributed by atoms with Crippen molar-refractivity contribution in [1.29, 1.82) is 0 Å². The van der Waals surface area contributed by atoms with Crippen LogP contribution in [-0.2, 0) is 9.53 Å². The van der Waals surface area contributed by atoms with Crippen LogP contribution in [0.4, 0.5) is 4.79 Å². The molecule has 5 heteroatoms. The topological polar surface area (TPSA) is 49.9 Å². The molecule has 1 aliphatic rings. The maximum atomic E-state index is 12.1. The zero-order valence-electron chi connectivity index (χ0n) is 12.4. The van der Waals surface area contributed by atoms with Gasteiger partial charge in [0.05, 0.1) is 0 Å². The fraction of sp³-hybridized carbons (Fsp3) is 0.857. The highest BCUT2D eigenvalue weighted by Crippen LogP contribution is 2.12. The van der Waals surface area contributed by atoms with E-state index in [1.807, 2.05) is 20.8 Å². The van der Waals surface area contributed by atoms with Gasteiger partial charge in [0, 0.05) is 26.2 Å². The molecular formula is C14H26N2O3. The van der Waals surface area contributed by atoms with Crippen molar-refractivity contribution < 1.29 is 14.3 Å². The fourth-order valence-corrected chi connectivity index (χ4v) is 2.06. The predicted octanol–water partition coefficient (Wildman–Crippen LogP) is 2.26. The quantitative estimate of drug-likeness (QED) is 0.687. The van der Waals surface area contributed by atoms with Crippen LogP contribution in [0, 0.1) is 0 Å². The summed E-state index contributed by atoms with van der Waals surface area (Å²) in [5, 5.41) is 0. The van der Waals surface area contributed by atoms with E-state index in [-0.39, 0.29) is 6.09 Å². The van der Waals surface area contributed by atoms with Crippen LogP contribution >= 0.6 is 0 Å². The summed E-state index contributed by atoms with van der Waals surface area (Å²) in [6.45, 7) is 8.22. The van der Waals surface area contributed by atoms with Gasteiger partial charge >= 0.3 is 6.09 Å². The minimum Gasteiger partial charge on any atom is -0.444 e. The van der Waals surface area contributed by atoms with Crippen LogP contribution in [0.25, 0.3) is 0 Å². The van der Waals surface area contributed by atoms with E-state index >= 15 is 0 Å². The Bertz CT molecular complexity index is 300. The number of nitrogens with zero attached hydrogens (tertiary/aromatic N) is 2. The number of carbonyl (C=O) groups excluding carboxylic acids is 2. The lowest BCUT2D eigenvalue weighted by molar-refractivity contribution is -0.118. The Labute approximate surface area is 115 Å². The molecule has 0 aromatic heterocycles. The number of rotatable bonds is 1. The van der Waals surface area contributed by atoms with E-state index in [1.54, 1.807) is 9.80 Å². The minimum absolute atomic E-state index is 0.279. The van der Waals surface area contributed by atoms with Gasteiger partial charge < -0.3 is 14.5 Å². The molecule has 0 aliphatic carbocycles. The maximum absolute atomic E-state index is 12.1. The molecule has 1 rings (SSSR count). The van der Waals surface area contributed by atoms with Crippen LogP contribution in [0.1, 0.15) is 46.5 Å². The van der Waals surface area contributed by atoms with E-state index in [0.717, 1.165) is 38.6 Å². The predicted molar refractivity (Wildman–Crippen MR) is 73.9 cm³/mol. The lowest BCUT2D eigenvalue weighted by atomic mass is 10.1. The molecule has 0 aromatic carbocycles. The summed E-state index contributed by atoms with van der Waals surface area (Å²) < 4.78 is 5.39. The standard InChI is InChI=1S/C14H26N2O3/c1-14(2,3)19-13(18)16-9-7-5-4-6-8-15(12-17)10-11-16/h12H,4-11H2,1-3H3. The summed E-state index contributed by atoms with van der Waals surface area (Å²) in [4.78, 5) is 26.4. The van der Waals surface area contributed by atoms with Crippen molar-refractivity contribution in [3.05, 3.63) is 0 Å². The molecule has 5 nitrogen and oxygen atoms in total. The average Bonchev–Trinajstić information content (AvgIpc) is 2.33. The summed E-state index contributed by atoms with van der Waals surface area (Å²) in [6.07, 6.45) is 4.83. The Morgan fingerprint density at radius 1 is 1.00 bits per heavy atom. The number of ether oxygens (including phenoxy) is 1. The molecule has 19 heavy (non-hydrogen) atoms. The van der Waals surface area contributed by atoms with E-state index < -0.39 is 5.60 Å². The highest BCUT2D eigenvalue weighted by molar-refractivity contribution is 5.68. The zero-order chi connectivity index (χ0) is 14.3. The van der Waals surface area contributed by atoms with Gasteiger partial charge in [0.2, 0.25) is 6.41 Å². The van der Waals surface area contributed by atoms with E-state index in [4.69, 9.17) is 4.74 Å². The van der Waals surface area contributed by atoms with Crippen molar-refractivity contribution in [2.45, 2.75) is 52.1 Å². The fourth-order valence-electron chi connectivity index (χ4n) is 2.06. The van der Waals surface area contributed by atoms with Crippen molar-refractivity contribution in [2.24, 2.45) is 0 Å². The second kappa shape index (κ2) is 7.36. The van der Waals surface area contributed by atoms with Gasteiger partial charge in [-0.25, -0.2) is 4.79 Å². The average molecular weight is 270 g/mol. The summed E-state index contributed by atoms with van der Waals surface area (Å²) in [5.74, 6) is 0. The molecule has 1 heterocycles. The third kappa shape index (κ3) is 6.45. The Kier molecular flexibility index (Phi) is 6.12. The van der Waals surface area contributed by atoms with Gasteiger partial charge in [0.15, 0.2) is 0 Å². The van der Waals surface area contributed by atoms with E-state index in [9.17, 15) is 9.59 Å². The van der Waals surface area contributed by atoms with Crippen LogP contribution in [0.15, 0.2) is 0 Å². The highest BCUT2D eigenvalue weighted by atomic mass is 16.6. The molecule has 0 aromatic rings. The summed E-state index contributed by atoms with van der Waals surface area (Å²) in [7, 11) is 0. The van der Waals surface area contributed by atoms with Crippen LogP contribution in [-0.4, -0.2) is 54.1 Å². The van der Waals surface area contributed by atoms with Gasteiger partial charge in [0.1, 0.15) is 5.60 Å². The largest absolute Gasteiger partial charge is 0.444 e. The van der Waals surface area contributed by atoms with Crippen LogP contribution in [0.3, 0.4) is 0 Å². The normalized spacial score (nSPS) is 18.9. The Balaban J connectivity index is 2.57. The minimum atomic E-state index is -0.475. The van der Waals surface area contributed by atoms with E-state index in [0.29, 0.717) is 19.6 Å². The Morgan fingerprint density at radius 2 is 1.63 bits per heavy atom. The molecule has 0 bridgehead atoms. The Hall–Kier alpha value is -1.26. The van der Waals surface area contributed by atoms with Crippen LogP contribution < -0.4 is 0 Å². The second-order valence-electron chi connectivity index (χ2n) is 6.02. The third-order valence-corrected chi connectivity index (χ3v) is 3.08. The van der Waals surface area contributed by atoms with Crippen LogP contribution in [0.5, 0.6) is 0 Å². The maximum Gasteiger partial charge on any atom is 0.410 e. The first-order valence-electron chi connectivity index (χ1n) is 7.09. The van der Waals surface area contributed by atoms with Crippen molar-refractivity contribution in [1.82, 2.24) is 9.80 Å². The van der Waals surface area contributed by atoms with Gasteiger partial charge in [-0.2, -0.15) is 0 Å². The molecular weight excluding hydrogens is 244 g/mol. The third-order valence-electron chi connectivity index (χ3n) is 3.08. The van der Waals surface area contributed by atoms with Crippen LogP contribution in [0.2, 0.25) is 0 Å². The molecule has 0 spiro atoms. The number of hydrogen-bond acceptors (Lipinski definition) is 3. The molecule has 1 saturated heterocycles. The van der Waals surface area contributed by atoms with Gasteiger partial charge in [-0.15, -0.1) is 0 Å². The second-order valence-corrected chi connectivity index (χ2v) is 6.02. The van der Waals surface area contributed by atoms with E-state index in [2.05, 4.69) is 0 Å². The molecule has 0 unspecified atom stereocenters. The monoisotopic (exact) mass is 270 g/mol. The first-order chi connectivity index (χ1) is 8.92. The lowest BCUT2D eigenvalue weighted by Crippen LogP contribution is -2.42.